The maximum atomic E-state index is 12.4. The summed E-state index contributed by atoms with van der Waals surface area (Å²) in [6.45, 7) is 3.81. The van der Waals surface area contributed by atoms with Gasteiger partial charge in [-0.15, -0.1) is 0 Å². The summed E-state index contributed by atoms with van der Waals surface area (Å²) in [5, 5.41) is 9.73. The Morgan fingerprint density at radius 2 is 1.74 bits per heavy atom. The number of phenols is 1. The molecule has 1 aliphatic carbocycles. The molecule has 1 aromatic rings. The standard InChI is InChI=1S/C15H17NO3/c1-8-6-10-11(7-8)15(19)16(14(10)18)12-4-3-5-13(17)9(12)2/h3-5,8,10-11,17H,6-7H2,1-2H3. The molecule has 4 heteroatoms. The lowest BCUT2D eigenvalue weighted by Crippen LogP contribution is -2.32. The number of benzene rings is 1. The lowest BCUT2D eigenvalue weighted by molar-refractivity contribution is -0.123. The maximum absolute atomic E-state index is 12.4. The van der Waals surface area contributed by atoms with Gasteiger partial charge in [-0.05, 0) is 37.8 Å². The predicted molar refractivity (Wildman–Crippen MR) is 70.7 cm³/mol. The average molecular weight is 259 g/mol. The van der Waals surface area contributed by atoms with Crippen LogP contribution in [0.2, 0.25) is 0 Å². The van der Waals surface area contributed by atoms with Gasteiger partial charge in [0.25, 0.3) is 0 Å². The van der Waals surface area contributed by atoms with Crippen LogP contribution in [0.5, 0.6) is 5.75 Å². The number of amides is 2. The summed E-state index contributed by atoms with van der Waals surface area (Å²) in [6.07, 6.45) is 1.59. The van der Waals surface area contributed by atoms with Crippen LogP contribution in [0.25, 0.3) is 0 Å². The van der Waals surface area contributed by atoms with Gasteiger partial charge >= 0.3 is 0 Å². The van der Waals surface area contributed by atoms with Crippen molar-refractivity contribution < 1.29 is 14.7 Å². The number of carbonyl (C=O) groups is 2. The van der Waals surface area contributed by atoms with Gasteiger partial charge in [-0.1, -0.05) is 13.0 Å². The summed E-state index contributed by atoms with van der Waals surface area (Å²) in [5.41, 5.74) is 1.11. The second-order valence-corrected chi connectivity index (χ2v) is 5.72. The zero-order valence-corrected chi connectivity index (χ0v) is 11.1. The molecule has 3 rings (SSSR count). The third-order valence-electron chi connectivity index (χ3n) is 4.39. The number of hydrogen-bond acceptors (Lipinski definition) is 3. The van der Waals surface area contributed by atoms with Gasteiger partial charge in [0.1, 0.15) is 5.75 Å². The molecule has 2 aliphatic rings. The Kier molecular flexibility index (Phi) is 2.62. The van der Waals surface area contributed by atoms with Crippen LogP contribution >= 0.6 is 0 Å². The van der Waals surface area contributed by atoms with Crippen LogP contribution in [-0.2, 0) is 9.59 Å². The summed E-state index contributed by atoms with van der Waals surface area (Å²) in [4.78, 5) is 26.1. The highest BCUT2D eigenvalue weighted by Gasteiger charge is 2.52. The minimum absolute atomic E-state index is 0.104. The van der Waals surface area contributed by atoms with E-state index in [2.05, 4.69) is 6.92 Å². The number of hydrogen-bond donors (Lipinski definition) is 1. The first-order valence-electron chi connectivity index (χ1n) is 6.67. The van der Waals surface area contributed by atoms with Gasteiger partial charge in [0.15, 0.2) is 0 Å². The van der Waals surface area contributed by atoms with Crippen molar-refractivity contribution in [3.8, 4) is 5.75 Å². The van der Waals surface area contributed by atoms with Crippen molar-refractivity contribution in [2.24, 2.45) is 17.8 Å². The first kappa shape index (κ1) is 12.2. The van der Waals surface area contributed by atoms with E-state index < -0.39 is 0 Å². The van der Waals surface area contributed by atoms with Gasteiger partial charge in [-0.3, -0.25) is 9.59 Å². The van der Waals surface area contributed by atoms with Crippen LogP contribution in [0.15, 0.2) is 18.2 Å². The Labute approximate surface area is 112 Å². The topological polar surface area (TPSA) is 57.6 Å². The molecule has 1 saturated heterocycles. The fourth-order valence-electron chi connectivity index (χ4n) is 3.37. The van der Waals surface area contributed by atoms with Crippen LogP contribution in [0.1, 0.15) is 25.3 Å². The molecule has 2 unspecified atom stereocenters. The average Bonchev–Trinajstić information content (AvgIpc) is 2.84. The first-order valence-corrected chi connectivity index (χ1v) is 6.67. The fourth-order valence-corrected chi connectivity index (χ4v) is 3.37. The van der Waals surface area contributed by atoms with Gasteiger partial charge in [0.2, 0.25) is 11.8 Å². The van der Waals surface area contributed by atoms with E-state index in [1.165, 1.54) is 4.90 Å². The van der Waals surface area contributed by atoms with E-state index in [4.69, 9.17) is 0 Å². The van der Waals surface area contributed by atoms with E-state index in [1.807, 2.05) is 0 Å². The molecule has 0 aromatic heterocycles. The Bertz CT molecular complexity index is 543. The van der Waals surface area contributed by atoms with E-state index in [1.54, 1.807) is 25.1 Å². The molecule has 1 aliphatic heterocycles. The minimum Gasteiger partial charge on any atom is -0.508 e. The van der Waals surface area contributed by atoms with E-state index in [9.17, 15) is 14.7 Å². The van der Waals surface area contributed by atoms with Gasteiger partial charge in [-0.25, -0.2) is 4.90 Å². The Hall–Kier alpha value is -1.84. The van der Waals surface area contributed by atoms with Crippen LogP contribution in [-0.4, -0.2) is 16.9 Å². The normalized spacial score (nSPS) is 30.0. The number of aromatic hydroxyl groups is 1. The van der Waals surface area contributed by atoms with Crippen molar-refractivity contribution in [3.63, 3.8) is 0 Å². The van der Waals surface area contributed by atoms with Gasteiger partial charge in [-0.2, -0.15) is 0 Å². The highest BCUT2D eigenvalue weighted by molar-refractivity contribution is 6.22. The summed E-state index contributed by atoms with van der Waals surface area (Å²) in [6, 6.07) is 4.94. The smallest absolute Gasteiger partial charge is 0.237 e. The molecule has 100 valence electrons. The predicted octanol–water partition coefficient (Wildman–Crippen LogP) is 2.24. The molecule has 1 aromatic carbocycles. The molecule has 2 fully saturated rings. The molecule has 0 bridgehead atoms. The second kappa shape index (κ2) is 4.08. The third-order valence-corrected chi connectivity index (χ3v) is 4.39. The van der Waals surface area contributed by atoms with Crippen molar-refractivity contribution in [3.05, 3.63) is 23.8 Å². The molecule has 0 radical (unpaired) electrons. The number of rotatable bonds is 1. The SMILES string of the molecule is Cc1c(O)cccc1N1C(=O)C2CC(C)CC2C1=O. The second-order valence-electron chi connectivity index (χ2n) is 5.72. The van der Waals surface area contributed by atoms with Gasteiger partial charge in [0.05, 0.1) is 17.5 Å². The number of carbonyl (C=O) groups excluding carboxylic acids is 2. The number of nitrogens with zero attached hydrogens (tertiary/aromatic N) is 1. The molecular formula is C15H17NO3. The molecule has 2 amide bonds. The molecule has 1 saturated carbocycles. The van der Waals surface area contributed by atoms with E-state index in [0.29, 0.717) is 17.2 Å². The van der Waals surface area contributed by atoms with Crippen LogP contribution < -0.4 is 4.90 Å². The van der Waals surface area contributed by atoms with Gasteiger partial charge < -0.3 is 5.11 Å². The summed E-state index contributed by atoms with van der Waals surface area (Å²) < 4.78 is 0. The highest BCUT2D eigenvalue weighted by Crippen LogP contribution is 2.45. The molecule has 4 nitrogen and oxygen atoms in total. The van der Waals surface area contributed by atoms with Crippen LogP contribution in [0.3, 0.4) is 0 Å². The summed E-state index contributed by atoms with van der Waals surface area (Å²) in [5.74, 6) is 0.0217. The third kappa shape index (κ3) is 1.66. The molecular weight excluding hydrogens is 242 g/mol. The lowest BCUT2D eigenvalue weighted by Gasteiger charge is -2.19. The van der Waals surface area contributed by atoms with Crippen molar-refractivity contribution in [1.82, 2.24) is 0 Å². The lowest BCUT2D eigenvalue weighted by atomic mass is 10.00. The first-order chi connectivity index (χ1) is 9.00. The highest BCUT2D eigenvalue weighted by atomic mass is 16.3. The zero-order chi connectivity index (χ0) is 13.7. The Balaban J connectivity index is 2.01. The number of fused-ring (bicyclic) bond motifs is 1. The van der Waals surface area contributed by atoms with Crippen molar-refractivity contribution in [2.45, 2.75) is 26.7 Å². The fraction of sp³-hybridized carbons (Fsp3) is 0.467. The molecule has 1 N–H and O–H groups in total. The quantitative estimate of drug-likeness (QED) is 0.787. The monoisotopic (exact) mass is 259 g/mol. The zero-order valence-electron chi connectivity index (χ0n) is 11.1. The van der Waals surface area contributed by atoms with Crippen LogP contribution in [0.4, 0.5) is 5.69 Å². The van der Waals surface area contributed by atoms with Crippen molar-refractivity contribution >= 4 is 17.5 Å². The Morgan fingerprint density at radius 1 is 1.16 bits per heavy atom. The summed E-state index contributed by atoms with van der Waals surface area (Å²) in [7, 11) is 0. The van der Waals surface area contributed by atoms with Gasteiger partial charge in [0, 0.05) is 5.56 Å². The number of phenolic OH excluding ortho intramolecular Hbond substituents is 1. The Morgan fingerprint density at radius 3 is 2.32 bits per heavy atom. The molecule has 19 heavy (non-hydrogen) atoms. The van der Waals surface area contributed by atoms with E-state index in [0.717, 1.165) is 12.8 Å². The number of anilines is 1. The van der Waals surface area contributed by atoms with Crippen LogP contribution in [0, 0.1) is 24.7 Å². The molecule has 0 spiro atoms. The number of imide groups is 1. The molecule has 1 heterocycles. The molecule has 2 atom stereocenters. The summed E-state index contributed by atoms with van der Waals surface area (Å²) >= 11 is 0. The van der Waals surface area contributed by atoms with Crippen molar-refractivity contribution in [1.29, 1.82) is 0 Å². The minimum atomic E-state index is -0.163. The largest absolute Gasteiger partial charge is 0.508 e. The van der Waals surface area contributed by atoms with E-state index >= 15 is 0 Å². The van der Waals surface area contributed by atoms with E-state index in [-0.39, 0.29) is 29.4 Å². The maximum Gasteiger partial charge on any atom is 0.237 e. The van der Waals surface area contributed by atoms with Crippen molar-refractivity contribution in [2.75, 3.05) is 4.90 Å².